The molecule has 31 heavy (non-hydrogen) atoms. The molecule has 0 N–H and O–H groups in total. The number of fused-ring (bicyclic) bond motifs is 2. The van der Waals surface area contributed by atoms with Crippen molar-refractivity contribution in [2.24, 2.45) is 5.41 Å². The van der Waals surface area contributed by atoms with Gasteiger partial charge < -0.3 is 9.15 Å². The summed E-state index contributed by atoms with van der Waals surface area (Å²) in [6.45, 7) is 10.2. The Labute approximate surface area is 181 Å². The molecule has 0 spiro atoms. The standard InChI is InChI=1S/C27H26O4/c1-14-6-7-17(8-15(14)2)21-13-30-26-16(3)25-18(10-20(26)24(21)29)9-19-22(28)11-27(4,5)12-23(19)31-25/h6-8,10,13H,9,11-12H2,1-5H3. The first-order chi connectivity index (χ1) is 14.6. The van der Waals surface area contributed by atoms with Crippen LogP contribution >= 0.6 is 0 Å². The molecule has 1 aliphatic heterocycles. The average Bonchev–Trinajstić information content (AvgIpc) is 2.70. The van der Waals surface area contributed by atoms with Crippen molar-refractivity contribution in [3.8, 4) is 16.9 Å². The maximum atomic E-state index is 13.4. The van der Waals surface area contributed by atoms with E-state index in [0.29, 0.717) is 29.4 Å². The highest BCUT2D eigenvalue weighted by Crippen LogP contribution is 2.45. The molecule has 0 fully saturated rings. The molecule has 0 saturated heterocycles. The van der Waals surface area contributed by atoms with Crippen LogP contribution in [0.15, 0.2) is 51.1 Å². The molecule has 4 heteroatoms. The fourth-order valence-electron chi connectivity index (χ4n) is 4.78. The minimum Gasteiger partial charge on any atom is -0.463 e. The van der Waals surface area contributed by atoms with Gasteiger partial charge in [0.2, 0.25) is 5.43 Å². The number of carbonyl (C=O) groups is 1. The van der Waals surface area contributed by atoms with Gasteiger partial charge in [-0.15, -0.1) is 0 Å². The Kier molecular flexibility index (Phi) is 4.27. The highest BCUT2D eigenvalue weighted by Gasteiger charge is 2.37. The lowest BCUT2D eigenvalue weighted by Gasteiger charge is -2.35. The van der Waals surface area contributed by atoms with Crippen molar-refractivity contribution in [1.82, 2.24) is 0 Å². The summed E-state index contributed by atoms with van der Waals surface area (Å²) in [6, 6.07) is 7.84. The van der Waals surface area contributed by atoms with Gasteiger partial charge in [-0.3, -0.25) is 9.59 Å². The first-order valence-corrected chi connectivity index (χ1v) is 10.7. The lowest BCUT2D eigenvalue weighted by atomic mass is 9.74. The molecular formula is C27H26O4. The second-order valence-corrected chi connectivity index (χ2v) is 9.77. The summed E-state index contributed by atoms with van der Waals surface area (Å²) in [5.41, 5.74) is 6.51. The third-order valence-corrected chi connectivity index (χ3v) is 6.68. The Hall–Kier alpha value is -3.14. The average molecular weight is 415 g/mol. The molecule has 4 nitrogen and oxygen atoms in total. The maximum Gasteiger partial charge on any atom is 0.200 e. The Balaban J connectivity index is 1.66. The van der Waals surface area contributed by atoms with E-state index in [0.717, 1.165) is 45.8 Å². The second kappa shape index (κ2) is 6.68. The number of Topliss-reactive ketones (excluding diaryl/α,β-unsaturated/α-hetero) is 1. The Bertz CT molecular complexity index is 1370. The molecule has 3 aromatic rings. The first-order valence-electron chi connectivity index (χ1n) is 10.7. The summed E-state index contributed by atoms with van der Waals surface area (Å²) in [7, 11) is 0. The van der Waals surface area contributed by atoms with Crippen LogP contribution in [0.25, 0.3) is 22.1 Å². The summed E-state index contributed by atoms with van der Waals surface area (Å²) >= 11 is 0. The van der Waals surface area contributed by atoms with Gasteiger partial charge in [0.05, 0.1) is 10.9 Å². The van der Waals surface area contributed by atoms with Crippen LogP contribution in [0.4, 0.5) is 0 Å². The SMILES string of the molecule is Cc1ccc(-c2coc3c(C)c4c(cc3c2=O)CC2=C(CC(C)(C)CC2=O)O4)cc1C. The zero-order valence-corrected chi connectivity index (χ0v) is 18.6. The highest BCUT2D eigenvalue weighted by atomic mass is 16.5. The molecule has 2 aromatic carbocycles. The van der Waals surface area contributed by atoms with E-state index in [4.69, 9.17) is 9.15 Å². The van der Waals surface area contributed by atoms with Crippen molar-refractivity contribution in [3.05, 3.63) is 74.3 Å². The quantitative estimate of drug-likeness (QED) is 0.493. The number of hydrogen-bond donors (Lipinski definition) is 0. The van der Waals surface area contributed by atoms with E-state index in [-0.39, 0.29) is 16.6 Å². The number of aryl methyl sites for hydroxylation is 3. The third-order valence-electron chi connectivity index (χ3n) is 6.68. The smallest absolute Gasteiger partial charge is 0.200 e. The van der Waals surface area contributed by atoms with Crippen molar-refractivity contribution in [2.75, 3.05) is 0 Å². The van der Waals surface area contributed by atoms with Gasteiger partial charge in [0.1, 0.15) is 23.4 Å². The summed E-state index contributed by atoms with van der Waals surface area (Å²) in [5, 5.41) is 0.531. The fraction of sp³-hybridized carbons (Fsp3) is 0.333. The highest BCUT2D eigenvalue weighted by molar-refractivity contribution is 5.99. The van der Waals surface area contributed by atoms with Crippen LogP contribution in [0.5, 0.6) is 5.75 Å². The lowest BCUT2D eigenvalue weighted by Crippen LogP contribution is -2.30. The van der Waals surface area contributed by atoms with Gasteiger partial charge in [0, 0.05) is 36.0 Å². The number of allylic oxidation sites excluding steroid dienone is 2. The van der Waals surface area contributed by atoms with Crippen molar-refractivity contribution < 1.29 is 13.9 Å². The maximum absolute atomic E-state index is 13.4. The number of hydrogen-bond acceptors (Lipinski definition) is 4. The van der Waals surface area contributed by atoms with Crippen LogP contribution in [0, 0.1) is 26.2 Å². The number of carbonyl (C=O) groups excluding carboxylic acids is 1. The molecule has 0 amide bonds. The topological polar surface area (TPSA) is 56.5 Å². The first kappa shape index (κ1) is 19.8. The minimum atomic E-state index is -0.105. The number of ketones is 1. The van der Waals surface area contributed by atoms with E-state index in [2.05, 4.69) is 13.8 Å². The predicted octanol–water partition coefficient (Wildman–Crippen LogP) is 5.96. The van der Waals surface area contributed by atoms with E-state index < -0.39 is 0 Å². The van der Waals surface area contributed by atoms with Gasteiger partial charge in [0.15, 0.2) is 5.78 Å². The molecule has 158 valence electrons. The van der Waals surface area contributed by atoms with Crippen molar-refractivity contribution in [2.45, 2.75) is 53.9 Å². The van der Waals surface area contributed by atoms with Gasteiger partial charge in [0.25, 0.3) is 0 Å². The zero-order chi connectivity index (χ0) is 22.1. The molecule has 0 radical (unpaired) electrons. The van der Waals surface area contributed by atoms with Crippen molar-refractivity contribution >= 4 is 16.8 Å². The number of benzene rings is 2. The monoisotopic (exact) mass is 414 g/mol. The van der Waals surface area contributed by atoms with Gasteiger partial charge >= 0.3 is 0 Å². The molecule has 0 atom stereocenters. The number of ether oxygens (including phenoxy) is 1. The van der Waals surface area contributed by atoms with E-state index >= 15 is 0 Å². The molecule has 5 rings (SSSR count). The van der Waals surface area contributed by atoms with Crippen LogP contribution in [-0.4, -0.2) is 5.78 Å². The molecule has 2 heterocycles. The normalized spacial score (nSPS) is 17.4. The molecule has 2 aliphatic rings. The van der Waals surface area contributed by atoms with Gasteiger partial charge in [-0.1, -0.05) is 32.0 Å². The second-order valence-electron chi connectivity index (χ2n) is 9.77. The van der Waals surface area contributed by atoms with Crippen molar-refractivity contribution in [1.29, 1.82) is 0 Å². The van der Waals surface area contributed by atoms with Crippen LogP contribution in [0.1, 0.15) is 48.9 Å². The van der Waals surface area contributed by atoms with Crippen molar-refractivity contribution in [3.63, 3.8) is 0 Å². The lowest BCUT2D eigenvalue weighted by molar-refractivity contribution is -0.118. The summed E-state index contributed by atoms with van der Waals surface area (Å²) in [6.07, 6.45) is 3.31. The Morgan fingerprint density at radius 1 is 0.968 bits per heavy atom. The molecule has 1 aromatic heterocycles. The zero-order valence-electron chi connectivity index (χ0n) is 18.6. The molecule has 1 aliphatic carbocycles. The Morgan fingerprint density at radius 3 is 2.48 bits per heavy atom. The van der Waals surface area contributed by atoms with E-state index in [9.17, 15) is 9.59 Å². The molecule has 0 unspecified atom stereocenters. The van der Waals surface area contributed by atoms with Crippen LogP contribution in [0.3, 0.4) is 0 Å². The summed E-state index contributed by atoms with van der Waals surface area (Å²) in [4.78, 5) is 26.2. The van der Waals surface area contributed by atoms with Gasteiger partial charge in [-0.25, -0.2) is 0 Å². The summed E-state index contributed by atoms with van der Waals surface area (Å²) < 4.78 is 12.2. The fourth-order valence-corrected chi connectivity index (χ4v) is 4.78. The van der Waals surface area contributed by atoms with E-state index in [1.807, 2.05) is 45.0 Å². The van der Waals surface area contributed by atoms with E-state index in [1.54, 1.807) is 6.26 Å². The van der Waals surface area contributed by atoms with Gasteiger partial charge in [-0.2, -0.15) is 0 Å². The number of rotatable bonds is 1. The summed E-state index contributed by atoms with van der Waals surface area (Å²) in [5.74, 6) is 1.63. The Morgan fingerprint density at radius 2 is 1.74 bits per heavy atom. The molecular weight excluding hydrogens is 388 g/mol. The third kappa shape index (κ3) is 3.13. The van der Waals surface area contributed by atoms with Crippen LogP contribution in [0.2, 0.25) is 0 Å². The minimum absolute atomic E-state index is 0.0636. The van der Waals surface area contributed by atoms with Crippen LogP contribution < -0.4 is 10.2 Å². The van der Waals surface area contributed by atoms with E-state index in [1.165, 1.54) is 5.56 Å². The largest absolute Gasteiger partial charge is 0.463 e. The predicted molar refractivity (Wildman–Crippen MR) is 122 cm³/mol. The molecule has 0 bridgehead atoms. The van der Waals surface area contributed by atoms with Crippen LogP contribution in [-0.2, 0) is 11.2 Å². The van der Waals surface area contributed by atoms with Gasteiger partial charge in [-0.05, 0) is 48.9 Å². The molecule has 0 saturated carbocycles.